The molecule has 2 heterocycles. The van der Waals surface area contributed by atoms with Crippen LogP contribution < -0.4 is 5.73 Å². The molecule has 2 amide bonds. The number of nitrogens with two attached hydrogens (primary N) is 1. The Balaban J connectivity index is 0.000000845. The summed E-state index contributed by atoms with van der Waals surface area (Å²) >= 11 is 0. The first-order chi connectivity index (χ1) is 5.79. The molecule has 2 N–H and O–H groups in total. The molecule has 2 aliphatic heterocycles. The zero-order valence-corrected chi connectivity index (χ0v) is 7.52. The Hall–Kier alpha value is -1.36. The molecule has 0 bridgehead atoms. The van der Waals surface area contributed by atoms with Crippen molar-refractivity contribution in [3.8, 4) is 0 Å². The number of rotatable bonds is 0. The summed E-state index contributed by atoms with van der Waals surface area (Å²) in [5, 5.41) is 0. The average molecular weight is 201 g/mol. The molecule has 0 spiro atoms. The Kier molecular flexibility index (Phi) is 2.67. The molecule has 0 saturated heterocycles. The summed E-state index contributed by atoms with van der Waals surface area (Å²) in [6, 6.07) is -0.611. The summed E-state index contributed by atoms with van der Waals surface area (Å²) in [5.41, 5.74) is 5.11. The number of dihydropyridines is 1. The lowest BCUT2D eigenvalue weighted by atomic mass is 10.2. The second-order valence-corrected chi connectivity index (χ2v) is 2.60. The fraction of sp³-hybridized carbons (Fsp3) is 0.286. The second kappa shape index (κ2) is 3.57. The first-order valence-corrected chi connectivity index (χ1v) is 3.60. The van der Waals surface area contributed by atoms with E-state index >= 15 is 0 Å². The van der Waals surface area contributed by atoms with Crippen molar-refractivity contribution in [1.29, 1.82) is 0 Å². The molecule has 2 atom stereocenters. The highest BCUT2D eigenvalue weighted by atomic mass is 35.5. The first kappa shape index (κ1) is 9.73. The van der Waals surface area contributed by atoms with Gasteiger partial charge in [-0.25, -0.2) is 9.79 Å². The third kappa shape index (κ3) is 1.55. The van der Waals surface area contributed by atoms with Crippen LogP contribution in [-0.4, -0.2) is 35.7 Å². The van der Waals surface area contributed by atoms with E-state index in [0.717, 1.165) is 0 Å². The molecule has 0 saturated carbocycles. The Morgan fingerprint density at radius 3 is 2.92 bits per heavy atom. The van der Waals surface area contributed by atoms with E-state index in [2.05, 4.69) is 9.98 Å². The van der Waals surface area contributed by atoms with Crippen LogP contribution in [-0.2, 0) is 0 Å². The molecule has 5 nitrogen and oxygen atoms in total. The molecule has 0 aromatic carbocycles. The number of urea groups is 1. The van der Waals surface area contributed by atoms with Crippen LogP contribution in [0.1, 0.15) is 0 Å². The number of halogens is 1. The smallest absolute Gasteiger partial charge is 0.320 e. The van der Waals surface area contributed by atoms with Crippen LogP contribution in [0.2, 0.25) is 0 Å². The number of amides is 2. The van der Waals surface area contributed by atoms with Crippen molar-refractivity contribution in [2.45, 2.75) is 12.2 Å². The number of carbonyl (C=O) groups is 1. The topological polar surface area (TPSA) is 71.1 Å². The van der Waals surface area contributed by atoms with Gasteiger partial charge in [0.2, 0.25) is 0 Å². The van der Waals surface area contributed by atoms with Crippen molar-refractivity contribution in [3.05, 3.63) is 12.2 Å². The molecule has 0 aliphatic carbocycles. The van der Waals surface area contributed by atoms with E-state index in [0.29, 0.717) is 0 Å². The van der Waals surface area contributed by atoms with Gasteiger partial charge in [0.1, 0.15) is 6.04 Å². The van der Waals surface area contributed by atoms with Gasteiger partial charge in [-0.3, -0.25) is 9.89 Å². The number of carbonyl (C=O) groups excluding carboxylic acids is 1. The Bertz CT molecular complexity index is 299. The van der Waals surface area contributed by atoms with Gasteiger partial charge in [0.15, 0.2) is 6.17 Å². The number of primary amides is 1. The molecule has 0 aromatic heterocycles. The predicted molar refractivity (Wildman–Crippen MR) is 52.4 cm³/mol. The fourth-order valence-corrected chi connectivity index (χ4v) is 1.27. The minimum absolute atomic E-state index is 0. The highest BCUT2D eigenvalue weighted by Gasteiger charge is 2.31. The van der Waals surface area contributed by atoms with Gasteiger partial charge < -0.3 is 5.73 Å². The maximum absolute atomic E-state index is 10.8. The monoisotopic (exact) mass is 200 g/mol. The van der Waals surface area contributed by atoms with Crippen LogP contribution in [0.5, 0.6) is 0 Å². The molecule has 0 radical (unpaired) electrons. The van der Waals surface area contributed by atoms with Crippen molar-refractivity contribution in [1.82, 2.24) is 4.90 Å². The lowest BCUT2D eigenvalue weighted by molar-refractivity contribution is 0.225. The van der Waals surface area contributed by atoms with Crippen LogP contribution in [0, 0.1) is 0 Å². The number of hydrogen-bond donors (Lipinski definition) is 1. The lowest BCUT2D eigenvalue weighted by Gasteiger charge is -2.20. The van der Waals surface area contributed by atoms with Crippen molar-refractivity contribution in [2.24, 2.45) is 15.7 Å². The number of hydrogen-bond acceptors (Lipinski definition) is 3. The molecule has 0 aromatic rings. The number of allylic oxidation sites excluding steroid dienone is 1. The zero-order valence-electron chi connectivity index (χ0n) is 6.70. The average Bonchev–Trinajstić information content (AvgIpc) is 2.47. The maximum Gasteiger partial charge on any atom is 0.320 e. The summed E-state index contributed by atoms with van der Waals surface area (Å²) < 4.78 is 0. The molecule has 2 rings (SSSR count). The van der Waals surface area contributed by atoms with Gasteiger partial charge in [-0.05, 0) is 6.08 Å². The van der Waals surface area contributed by atoms with E-state index in [1.165, 1.54) is 11.2 Å². The first-order valence-electron chi connectivity index (χ1n) is 3.60. The molecule has 70 valence electrons. The molecular formula is C7H9ClN4O. The van der Waals surface area contributed by atoms with E-state index in [1.807, 2.05) is 6.08 Å². The fourth-order valence-electron chi connectivity index (χ4n) is 1.27. The van der Waals surface area contributed by atoms with Gasteiger partial charge in [-0.2, -0.15) is 0 Å². The summed E-state index contributed by atoms with van der Waals surface area (Å²) in [5.74, 6) is 0. The normalized spacial score (nSPS) is 28.5. The van der Waals surface area contributed by atoms with Gasteiger partial charge in [-0.1, -0.05) is 6.08 Å². The summed E-state index contributed by atoms with van der Waals surface area (Å²) in [6.45, 7) is 0. The zero-order chi connectivity index (χ0) is 8.55. The molecule has 2 aliphatic rings. The largest absolute Gasteiger partial charge is 0.351 e. The Labute approximate surface area is 81.4 Å². The molecule has 13 heavy (non-hydrogen) atoms. The van der Waals surface area contributed by atoms with Gasteiger partial charge >= 0.3 is 6.03 Å². The summed E-state index contributed by atoms with van der Waals surface area (Å²) in [7, 11) is 0. The van der Waals surface area contributed by atoms with Gasteiger partial charge in [0.25, 0.3) is 0 Å². The van der Waals surface area contributed by atoms with Crippen molar-refractivity contribution in [2.75, 3.05) is 0 Å². The molecular weight excluding hydrogens is 192 g/mol. The van der Waals surface area contributed by atoms with Crippen LogP contribution in [0.4, 0.5) is 4.79 Å². The van der Waals surface area contributed by atoms with E-state index in [1.54, 1.807) is 12.3 Å². The van der Waals surface area contributed by atoms with Crippen molar-refractivity contribution >= 4 is 31.0 Å². The quantitative estimate of drug-likeness (QED) is 0.595. The van der Waals surface area contributed by atoms with Gasteiger partial charge in [-0.15, -0.1) is 12.4 Å². The molecule has 6 heteroatoms. The van der Waals surface area contributed by atoms with Crippen molar-refractivity contribution < 1.29 is 4.79 Å². The molecule has 2 unspecified atom stereocenters. The van der Waals surface area contributed by atoms with E-state index in [-0.39, 0.29) is 24.6 Å². The van der Waals surface area contributed by atoms with E-state index in [9.17, 15) is 4.79 Å². The SMILES string of the molecule is Cl.NC(=O)N1C=NC2N=CC=CC21. The highest BCUT2D eigenvalue weighted by molar-refractivity contribution is 5.88. The minimum atomic E-state index is -0.493. The van der Waals surface area contributed by atoms with E-state index in [4.69, 9.17) is 5.73 Å². The summed E-state index contributed by atoms with van der Waals surface area (Å²) in [6.07, 6.45) is 6.55. The molecule has 0 fully saturated rings. The summed E-state index contributed by atoms with van der Waals surface area (Å²) in [4.78, 5) is 20.3. The Morgan fingerprint density at radius 2 is 2.23 bits per heavy atom. The standard InChI is InChI=1S/C7H8N4O.ClH/c8-7(12)11-4-10-6-5(11)2-1-3-9-6;/h1-6H,(H2,8,12);1H. The van der Waals surface area contributed by atoms with Crippen LogP contribution in [0.15, 0.2) is 22.1 Å². The predicted octanol–water partition coefficient (Wildman–Crippen LogP) is 0.166. The second-order valence-electron chi connectivity index (χ2n) is 2.60. The maximum atomic E-state index is 10.8. The van der Waals surface area contributed by atoms with Crippen LogP contribution >= 0.6 is 12.4 Å². The third-order valence-electron chi connectivity index (χ3n) is 1.86. The van der Waals surface area contributed by atoms with E-state index < -0.39 is 6.03 Å². The minimum Gasteiger partial charge on any atom is -0.351 e. The number of nitrogens with zero attached hydrogens (tertiary/aromatic N) is 3. The van der Waals surface area contributed by atoms with Gasteiger partial charge in [0, 0.05) is 6.21 Å². The number of fused-ring (bicyclic) bond motifs is 1. The Morgan fingerprint density at radius 1 is 1.46 bits per heavy atom. The van der Waals surface area contributed by atoms with Crippen LogP contribution in [0.3, 0.4) is 0 Å². The third-order valence-corrected chi connectivity index (χ3v) is 1.86. The highest BCUT2D eigenvalue weighted by Crippen LogP contribution is 2.17. The van der Waals surface area contributed by atoms with Crippen LogP contribution in [0.25, 0.3) is 0 Å². The number of aliphatic imine (C=N–C) groups is 2. The lowest BCUT2D eigenvalue weighted by Crippen LogP contribution is -2.42. The van der Waals surface area contributed by atoms with Crippen molar-refractivity contribution in [3.63, 3.8) is 0 Å². The van der Waals surface area contributed by atoms with Gasteiger partial charge in [0.05, 0.1) is 6.34 Å².